The number of nitro groups is 1. The van der Waals surface area contributed by atoms with Gasteiger partial charge in [-0.1, -0.05) is 24.3 Å². The number of rotatable bonds is 9. The SMILES string of the molecule is O=C(NCCc1cnn(-c2ccccc2)c1)c1ccc(NS(=O)(=O)c2cccc([N+](=O)[O-])c2)cc1. The van der Waals surface area contributed by atoms with Crippen LogP contribution in [0.3, 0.4) is 0 Å². The molecule has 3 aromatic carbocycles. The predicted octanol–water partition coefficient (Wildman–Crippen LogP) is 3.55. The van der Waals surface area contributed by atoms with E-state index in [2.05, 4.69) is 15.1 Å². The molecular weight excluding hydrogens is 470 g/mol. The molecule has 0 saturated carbocycles. The Hall–Kier alpha value is -4.51. The minimum atomic E-state index is -4.03. The van der Waals surface area contributed by atoms with Crippen LogP contribution in [0.4, 0.5) is 11.4 Å². The molecule has 35 heavy (non-hydrogen) atoms. The fraction of sp³-hybridized carbons (Fsp3) is 0.0833. The lowest BCUT2D eigenvalue weighted by Crippen LogP contribution is -2.25. The maximum Gasteiger partial charge on any atom is 0.270 e. The molecule has 0 radical (unpaired) electrons. The van der Waals surface area contributed by atoms with Crippen molar-refractivity contribution in [3.05, 3.63) is 112 Å². The number of aromatic nitrogens is 2. The molecule has 11 heteroatoms. The van der Waals surface area contributed by atoms with Crippen molar-refractivity contribution in [3.63, 3.8) is 0 Å². The molecule has 1 aromatic heterocycles. The number of carbonyl (C=O) groups excluding carboxylic acids is 1. The van der Waals surface area contributed by atoms with Crippen LogP contribution in [0.25, 0.3) is 5.69 Å². The number of anilines is 1. The molecule has 0 fully saturated rings. The Morgan fingerprint density at radius 2 is 1.74 bits per heavy atom. The number of nitro benzene ring substituents is 1. The number of hydrogen-bond acceptors (Lipinski definition) is 6. The van der Waals surface area contributed by atoms with Gasteiger partial charge in [-0.15, -0.1) is 0 Å². The van der Waals surface area contributed by atoms with E-state index in [0.29, 0.717) is 18.5 Å². The van der Waals surface area contributed by atoms with E-state index in [4.69, 9.17) is 0 Å². The number of nitrogens with zero attached hydrogens (tertiary/aromatic N) is 3. The van der Waals surface area contributed by atoms with Crippen molar-refractivity contribution in [2.24, 2.45) is 0 Å². The lowest BCUT2D eigenvalue weighted by Gasteiger charge is -2.09. The third-order valence-corrected chi connectivity index (χ3v) is 6.47. The van der Waals surface area contributed by atoms with Gasteiger partial charge < -0.3 is 5.32 Å². The minimum absolute atomic E-state index is 0.224. The number of sulfonamides is 1. The molecule has 0 spiro atoms. The predicted molar refractivity (Wildman–Crippen MR) is 130 cm³/mol. The zero-order chi connectivity index (χ0) is 24.8. The van der Waals surface area contributed by atoms with Gasteiger partial charge in [0.1, 0.15) is 0 Å². The maximum atomic E-state index is 12.5. The molecule has 0 unspecified atom stereocenters. The second kappa shape index (κ2) is 10.2. The summed E-state index contributed by atoms with van der Waals surface area (Å²) in [5.74, 6) is -0.298. The van der Waals surface area contributed by atoms with Crippen molar-refractivity contribution in [2.45, 2.75) is 11.3 Å². The fourth-order valence-corrected chi connectivity index (χ4v) is 4.40. The average Bonchev–Trinajstić information content (AvgIpc) is 3.34. The molecule has 0 saturated heterocycles. The van der Waals surface area contributed by atoms with E-state index in [0.717, 1.165) is 17.3 Å². The van der Waals surface area contributed by atoms with Crippen molar-refractivity contribution >= 4 is 27.3 Å². The molecule has 0 aliphatic carbocycles. The van der Waals surface area contributed by atoms with Crippen LogP contribution < -0.4 is 10.0 Å². The van der Waals surface area contributed by atoms with Crippen molar-refractivity contribution < 1.29 is 18.1 Å². The van der Waals surface area contributed by atoms with Gasteiger partial charge in [-0.2, -0.15) is 5.10 Å². The summed E-state index contributed by atoms with van der Waals surface area (Å²) in [6.45, 7) is 0.403. The van der Waals surface area contributed by atoms with E-state index in [-0.39, 0.29) is 22.2 Å². The molecule has 178 valence electrons. The van der Waals surface area contributed by atoms with Crippen LogP contribution in [0.2, 0.25) is 0 Å². The number of benzene rings is 3. The molecular formula is C24H21N5O5S. The largest absolute Gasteiger partial charge is 0.352 e. The first-order valence-electron chi connectivity index (χ1n) is 10.6. The summed E-state index contributed by atoms with van der Waals surface area (Å²) in [4.78, 5) is 22.5. The van der Waals surface area contributed by atoms with Crippen molar-refractivity contribution in [2.75, 3.05) is 11.3 Å². The number of hydrogen-bond donors (Lipinski definition) is 2. The monoisotopic (exact) mass is 491 g/mol. The third kappa shape index (κ3) is 5.89. The van der Waals surface area contributed by atoms with Crippen molar-refractivity contribution in [3.8, 4) is 5.69 Å². The second-order valence-corrected chi connectivity index (χ2v) is 9.25. The van der Waals surface area contributed by atoms with Crippen LogP contribution in [-0.2, 0) is 16.4 Å². The van der Waals surface area contributed by atoms with Gasteiger partial charge in [0.25, 0.3) is 21.6 Å². The standard InChI is InChI=1S/C24H21N5O5S/c30-24(25-14-13-18-16-26-28(17-18)21-5-2-1-3-6-21)19-9-11-20(12-10-19)27-35(33,34)23-8-4-7-22(15-23)29(31)32/h1-12,15-17,27H,13-14H2,(H,25,30). The first-order chi connectivity index (χ1) is 16.8. The topological polar surface area (TPSA) is 136 Å². The van der Waals surface area contributed by atoms with E-state index < -0.39 is 14.9 Å². The number of amides is 1. The Morgan fingerprint density at radius 3 is 2.46 bits per heavy atom. The Balaban J connectivity index is 1.32. The molecule has 0 aliphatic heterocycles. The highest BCUT2D eigenvalue weighted by Gasteiger charge is 2.18. The van der Waals surface area contributed by atoms with Gasteiger partial charge >= 0.3 is 0 Å². The Morgan fingerprint density at radius 1 is 1.00 bits per heavy atom. The quantitative estimate of drug-likeness (QED) is 0.271. The van der Waals surface area contributed by atoms with Crippen LogP contribution in [0.1, 0.15) is 15.9 Å². The summed E-state index contributed by atoms with van der Waals surface area (Å²) in [7, 11) is -4.03. The Labute approximate surface area is 201 Å². The summed E-state index contributed by atoms with van der Waals surface area (Å²) in [5, 5.41) is 18.1. The Kier molecular flexibility index (Phi) is 6.88. The summed E-state index contributed by atoms with van der Waals surface area (Å²) in [6, 6.07) is 20.3. The highest BCUT2D eigenvalue weighted by Crippen LogP contribution is 2.21. The Bertz CT molecular complexity index is 1450. The van der Waals surface area contributed by atoms with Gasteiger partial charge in [-0.3, -0.25) is 19.6 Å². The lowest BCUT2D eigenvalue weighted by molar-refractivity contribution is -0.385. The maximum absolute atomic E-state index is 12.5. The van der Waals surface area contributed by atoms with Crippen LogP contribution in [-0.4, -0.2) is 35.6 Å². The third-order valence-electron chi connectivity index (χ3n) is 5.09. The van der Waals surface area contributed by atoms with E-state index in [1.54, 1.807) is 10.9 Å². The van der Waals surface area contributed by atoms with Gasteiger partial charge in [-0.25, -0.2) is 13.1 Å². The molecule has 0 atom stereocenters. The van der Waals surface area contributed by atoms with Crippen LogP contribution in [0, 0.1) is 10.1 Å². The first kappa shape index (κ1) is 23.6. The molecule has 0 bridgehead atoms. The highest BCUT2D eigenvalue weighted by molar-refractivity contribution is 7.92. The van der Waals surface area contributed by atoms with E-state index in [9.17, 15) is 23.3 Å². The van der Waals surface area contributed by atoms with Gasteiger partial charge in [0.05, 0.1) is 21.7 Å². The van der Waals surface area contributed by atoms with Gasteiger partial charge in [0.2, 0.25) is 0 Å². The summed E-state index contributed by atoms with van der Waals surface area (Å²) in [6.07, 6.45) is 4.25. The highest BCUT2D eigenvalue weighted by atomic mass is 32.2. The zero-order valence-electron chi connectivity index (χ0n) is 18.4. The summed E-state index contributed by atoms with van der Waals surface area (Å²) in [5.41, 5.74) is 2.18. The smallest absolute Gasteiger partial charge is 0.270 e. The second-order valence-electron chi connectivity index (χ2n) is 7.57. The lowest BCUT2D eigenvalue weighted by atomic mass is 10.2. The fourth-order valence-electron chi connectivity index (χ4n) is 3.30. The molecule has 0 aliphatic rings. The molecule has 10 nitrogen and oxygen atoms in total. The van der Waals surface area contributed by atoms with Crippen LogP contribution in [0.5, 0.6) is 0 Å². The molecule has 4 aromatic rings. The van der Waals surface area contributed by atoms with Gasteiger partial charge in [0.15, 0.2) is 0 Å². The number of para-hydroxylation sites is 1. The number of nitrogens with one attached hydrogen (secondary N) is 2. The van der Waals surface area contributed by atoms with Crippen molar-refractivity contribution in [1.82, 2.24) is 15.1 Å². The zero-order valence-corrected chi connectivity index (χ0v) is 19.2. The first-order valence-corrected chi connectivity index (χ1v) is 12.0. The molecule has 1 heterocycles. The number of non-ortho nitro benzene ring substituents is 1. The van der Waals surface area contributed by atoms with E-state index >= 15 is 0 Å². The summed E-state index contributed by atoms with van der Waals surface area (Å²) >= 11 is 0. The van der Waals surface area contributed by atoms with Crippen LogP contribution in [0.15, 0.2) is 96.2 Å². The average molecular weight is 492 g/mol. The van der Waals surface area contributed by atoms with E-state index in [1.807, 2.05) is 36.5 Å². The molecule has 2 N–H and O–H groups in total. The summed E-state index contributed by atoms with van der Waals surface area (Å²) < 4.78 is 29.2. The normalized spacial score (nSPS) is 11.1. The van der Waals surface area contributed by atoms with Gasteiger partial charge in [-0.05, 0) is 54.4 Å². The van der Waals surface area contributed by atoms with Gasteiger partial charge in [0, 0.05) is 36.1 Å². The van der Waals surface area contributed by atoms with Crippen LogP contribution >= 0.6 is 0 Å². The van der Waals surface area contributed by atoms with Crippen molar-refractivity contribution in [1.29, 1.82) is 0 Å². The minimum Gasteiger partial charge on any atom is -0.352 e. The number of carbonyl (C=O) groups is 1. The molecule has 4 rings (SSSR count). The molecule has 1 amide bonds. The van der Waals surface area contributed by atoms with E-state index in [1.165, 1.54) is 42.5 Å².